The van der Waals surface area contributed by atoms with Gasteiger partial charge in [0.15, 0.2) is 5.92 Å². The smallest absolute Gasteiger partial charge is 0.167 e. The molecule has 0 aliphatic heterocycles. The number of ether oxygens (including phenoxy) is 1. The van der Waals surface area contributed by atoms with Crippen molar-refractivity contribution < 1.29 is 9.84 Å². The third-order valence-corrected chi connectivity index (χ3v) is 2.66. The number of aromatic hydroxyl groups is 1. The van der Waals surface area contributed by atoms with Crippen molar-refractivity contribution in [2.45, 2.75) is 13.0 Å². The van der Waals surface area contributed by atoms with E-state index in [1.54, 1.807) is 31.2 Å². The summed E-state index contributed by atoms with van der Waals surface area (Å²) in [5, 5.41) is 26.5. The Morgan fingerprint density at radius 1 is 1.29 bits per heavy atom. The molecule has 4 nitrogen and oxygen atoms in total. The molecule has 5 heteroatoms. The van der Waals surface area contributed by atoms with Gasteiger partial charge in [-0.1, -0.05) is 12.2 Å². The average Bonchev–Trinajstić information content (AvgIpc) is 2.33. The van der Waals surface area contributed by atoms with Gasteiger partial charge < -0.3 is 9.84 Å². The summed E-state index contributed by atoms with van der Waals surface area (Å²) in [6, 6.07) is 9.75. The summed E-state index contributed by atoms with van der Waals surface area (Å²) >= 11 is 5.00. The third kappa shape index (κ3) is 3.44. The van der Waals surface area contributed by atoms with Gasteiger partial charge in [0.1, 0.15) is 17.6 Å². The highest BCUT2D eigenvalue weighted by Crippen LogP contribution is 2.18. The normalized spacial score (nSPS) is 11.3. The molecular weight excluding hydrogens is 236 g/mol. The van der Waals surface area contributed by atoms with Crippen molar-refractivity contribution in [2.24, 2.45) is 5.92 Å². The van der Waals surface area contributed by atoms with Gasteiger partial charge in [-0.3, -0.25) is 0 Å². The fourth-order valence-corrected chi connectivity index (χ4v) is 1.33. The van der Waals surface area contributed by atoms with Crippen LogP contribution in [0.5, 0.6) is 11.5 Å². The lowest BCUT2D eigenvalue weighted by Gasteiger charge is -2.15. The summed E-state index contributed by atoms with van der Waals surface area (Å²) in [7, 11) is 0. The SMILES string of the molecule is CC(Oc1ccc(O)cc1)C(=S)C(C#N)C#N. The fraction of sp³-hybridized carbons (Fsp3) is 0.250. The second kappa shape index (κ2) is 5.83. The van der Waals surface area contributed by atoms with Gasteiger partial charge in [-0.05, 0) is 31.2 Å². The molecule has 0 aromatic heterocycles. The van der Waals surface area contributed by atoms with Crippen LogP contribution in [0.4, 0.5) is 0 Å². The van der Waals surface area contributed by atoms with Crippen LogP contribution in [0.1, 0.15) is 6.92 Å². The number of nitrogens with zero attached hydrogens (tertiary/aromatic N) is 2. The van der Waals surface area contributed by atoms with Gasteiger partial charge in [-0.15, -0.1) is 0 Å². The Morgan fingerprint density at radius 2 is 1.82 bits per heavy atom. The number of phenols is 1. The zero-order valence-electron chi connectivity index (χ0n) is 9.12. The van der Waals surface area contributed by atoms with Gasteiger partial charge in [0, 0.05) is 0 Å². The summed E-state index contributed by atoms with van der Waals surface area (Å²) in [5.41, 5.74) is 0. The molecule has 0 radical (unpaired) electrons. The molecule has 0 saturated carbocycles. The molecule has 0 saturated heterocycles. The minimum atomic E-state index is -0.947. The largest absolute Gasteiger partial charge is 0.508 e. The van der Waals surface area contributed by atoms with E-state index in [-0.39, 0.29) is 10.6 Å². The van der Waals surface area contributed by atoms with E-state index >= 15 is 0 Å². The van der Waals surface area contributed by atoms with Gasteiger partial charge >= 0.3 is 0 Å². The van der Waals surface area contributed by atoms with Gasteiger partial charge in [0.05, 0.1) is 17.0 Å². The molecule has 0 bridgehead atoms. The van der Waals surface area contributed by atoms with E-state index in [0.717, 1.165) is 0 Å². The first-order valence-corrected chi connectivity index (χ1v) is 5.28. The van der Waals surface area contributed by atoms with E-state index < -0.39 is 12.0 Å². The fourth-order valence-electron chi connectivity index (χ4n) is 1.18. The highest BCUT2D eigenvalue weighted by atomic mass is 32.1. The van der Waals surface area contributed by atoms with Crippen LogP contribution in [0.15, 0.2) is 24.3 Å². The molecule has 0 aliphatic rings. The monoisotopic (exact) mass is 246 g/mol. The quantitative estimate of drug-likeness (QED) is 0.824. The average molecular weight is 246 g/mol. The minimum Gasteiger partial charge on any atom is -0.508 e. The van der Waals surface area contributed by atoms with Crippen LogP contribution in [0, 0.1) is 28.6 Å². The van der Waals surface area contributed by atoms with Crippen LogP contribution < -0.4 is 4.74 Å². The molecular formula is C12H10N2O2S. The van der Waals surface area contributed by atoms with E-state index in [4.69, 9.17) is 32.6 Å². The van der Waals surface area contributed by atoms with Crippen molar-refractivity contribution in [2.75, 3.05) is 0 Å². The second-order valence-electron chi connectivity index (χ2n) is 3.35. The summed E-state index contributed by atoms with van der Waals surface area (Å²) in [6.45, 7) is 1.68. The molecule has 1 aromatic rings. The third-order valence-electron chi connectivity index (χ3n) is 2.09. The van der Waals surface area contributed by atoms with Crippen molar-refractivity contribution in [1.29, 1.82) is 10.5 Å². The highest BCUT2D eigenvalue weighted by Gasteiger charge is 2.20. The zero-order chi connectivity index (χ0) is 12.8. The van der Waals surface area contributed by atoms with Crippen LogP contribution in [0.25, 0.3) is 0 Å². The molecule has 1 atom stereocenters. The Balaban J connectivity index is 2.70. The molecule has 86 valence electrons. The number of nitriles is 2. The minimum absolute atomic E-state index is 0.138. The molecule has 1 unspecified atom stereocenters. The predicted octanol–water partition coefficient (Wildman–Crippen LogP) is 2.19. The predicted molar refractivity (Wildman–Crippen MR) is 65.5 cm³/mol. The maximum absolute atomic E-state index is 9.10. The summed E-state index contributed by atoms with van der Waals surface area (Å²) in [6.07, 6.45) is -0.515. The van der Waals surface area contributed by atoms with Gasteiger partial charge in [0.25, 0.3) is 0 Å². The lowest BCUT2D eigenvalue weighted by Crippen LogP contribution is -2.27. The molecule has 17 heavy (non-hydrogen) atoms. The van der Waals surface area contributed by atoms with Crippen molar-refractivity contribution in [3.8, 4) is 23.6 Å². The Labute approximate surface area is 105 Å². The Morgan fingerprint density at radius 3 is 2.29 bits per heavy atom. The van der Waals surface area contributed by atoms with Gasteiger partial charge in [-0.2, -0.15) is 10.5 Å². The lowest BCUT2D eigenvalue weighted by molar-refractivity contribution is 0.286. The first kappa shape index (κ1) is 13.0. The number of rotatable bonds is 4. The highest BCUT2D eigenvalue weighted by molar-refractivity contribution is 7.80. The van der Waals surface area contributed by atoms with E-state index in [2.05, 4.69) is 0 Å². The molecule has 0 fully saturated rings. The van der Waals surface area contributed by atoms with Crippen LogP contribution >= 0.6 is 12.2 Å². The van der Waals surface area contributed by atoms with Crippen molar-refractivity contribution in [1.82, 2.24) is 0 Å². The lowest BCUT2D eigenvalue weighted by atomic mass is 10.1. The van der Waals surface area contributed by atoms with Crippen molar-refractivity contribution >= 4 is 17.1 Å². The van der Waals surface area contributed by atoms with Crippen LogP contribution in [0.2, 0.25) is 0 Å². The van der Waals surface area contributed by atoms with E-state index in [1.807, 2.05) is 0 Å². The molecule has 1 aromatic carbocycles. The molecule has 0 amide bonds. The topological polar surface area (TPSA) is 77.0 Å². The zero-order valence-corrected chi connectivity index (χ0v) is 9.94. The van der Waals surface area contributed by atoms with Crippen LogP contribution in [-0.2, 0) is 0 Å². The molecule has 0 aliphatic carbocycles. The summed E-state index contributed by atoms with van der Waals surface area (Å²) in [5.74, 6) is -0.288. The second-order valence-corrected chi connectivity index (χ2v) is 3.82. The van der Waals surface area contributed by atoms with Crippen molar-refractivity contribution in [3.63, 3.8) is 0 Å². The van der Waals surface area contributed by atoms with Crippen LogP contribution in [0.3, 0.4) is 0 Å². The molecule has 0 heterocycles. The van der Waals surface area contributed by atoms with Crippen molar-refractivity contribution in [3.05, 3.63) is 24.3 Å². The standard InChI is InChI=1S/C12H10N2O2S/c1-8(12(17)9(6-13)7-14)16-11-4-2-10(15)3-5-11/h2-5,8-9,15H,1H3. The molecule has 1 N–H and O–H groups in total. The maximum atomic E-state index is 9.10. The van der Waals surface area contributed by atoms with E-state index in [0.29, 0.717) is 5.75 Å². The molecule has 0 spiro atoms. The van der Waals surface area contributed by atoms with Gasteiger partial charge in [0.2, 0.25) is 0 Å². The first-order chi connectivity index (χ1) is 8.08. The first-order valence-electron chi connectivity index (χ1n) is 4.87. The Hall–Kier alpha value is -2.11. The molecule has 1 rings (SSSR count). The number of thiocarbonyl (C=S) groups is 1. The van der Waals surface area contributed by atoms with E-state index in [9.17, 15) is 0 Å². The Bertz CT molecular complexity index is 471. The van der Waals surface area contributed by atoms with E-state index in [1.165, 1.54) is 12.1 Å². The Kier molecular flexibility index (Phi) is 4.45. The summed E-state index contributed by atoms with van der Waals surface area (Å²) < 4.78 is 5.46. The number of hydrogen-bond donors (Lipinski definition) is 1. The van der Waals surface area contributed by atoms with Crippen LogP contribution in [-0.4, -0.2) is 16.1 Å². The maximum Gasteiger partial charge on any atom is 0.167 e. The number of hydrogen-bond acceptors (Lipinski definition) is 5. The van der Waals surface area contributed by atoms with Gasteiger partial charge in [-0.25, -0.2) is 0 Å². The number of phenolic OH excluding ortho intramolecular Hbond substituents is 1. The number of benzene rings is 1. The summed E-state index contributed by atoms with van der Waals surface area (Å²) in [4.78, 5) is 0.253.